The number of nitrogens with zero attached hydrogens (tertiary/aromatic N) is 8. The van der Waals surface area contributed by atoms with Gasteiger partial charge in [0, 0.05) is 71.9 Å². The summed E-state index contributed by atoms with van der Waals surface area (Å²) in [6.07, 6.45) is 13.3. The van der Waals surface area contributed by atoms with Crippen LogP contribution in [0.3, 0.4) is 0 Å². The SMILES string of the molecule is Cc1ccc(Nc2cc(N3CCCCC3)ccc2C2=CC3=CC(c4ccc(N5CCCCC5)cc4Nc4ccc(C)o4)=NC4=NC(c5ncc(C)s5)=NC(=N2)N34)o1. The van der Waals surface area contributed by atoms with Gasteiger partial charge in [0.05, 0.1) is 28.5 Å². The molecule has 57 heavy (non-hydrogen) atoms. The van der Waals surface area contributed by atoms with E-state index in [9.17, 15) is 0 Å². The van der Waals surface area contributed by atoms with Crippen molar-refractivity contribution >= 4 is 75.0 Å². The molecule has 0 atom stereocenters. The number of hydrogen-bond donors (Lipinski definition) is 2. The molecule has 8 heterocycles. The first kappa shape index (κ1) is 35.2. The Morgan fingerprint density at radius 2 is 1.21 bits per heavy atom. The van der Waals surface area contributed by atoms with Gasteiger partial charge >= 0.3 is 0 Å². The maximum Gasteiger partial charge on any atom is 0.239 e. The third-order valence-corrected chi connectivity index (χ3v) is 11.8. The van der Waals surface area contributed by atoms with Gasteiger partial charge in [-0.3, -0.25) is 0 Å². The van der Waals surface area contributed by atoms with Crippen LogP contribution in [-0.4, -0.2) is 59.5 Å². The van der Waals surface area contributed by atoms with Crippen molar-refractivity contribution in [3.63, 3.8) is 0 Å². The van der Waals surface area contributed by atoms with Crippen LogP contribution in [0.5, 0.6) is 0 Å². The van der Waals surface area contributed by atoms with Crippen LogP contribution < -0.4 is 20.4 Å². The van der Waals surface area contributed by atoms with Gasteiger partial charge in [-0.05, 0) is 120 Å². The van der Waals surface area contributed by atoms with Gasteiger partial charge in [0.2, 0.25) is 11.9 Å². The van der Waals surface area contributed by atoms with E-state index in [0.29, 0.717) is 34.5 Å². The number of thiazole rings is 1. The molecule has 0 radical (unpaired) electrons. The lowest BCUT2D eigenvalue weighted by atomic mass is 10.0. The number of guanidine groups is 2. The topological polar surface area (TPSA) is 122 Å². The molecule has 10 rings (SSSR count). The highest BCUT2D eigenvalue weighted by Crippen LogP contribution is 2.39. The van der Waals surface area contributed by atoms with E-state index in [1.807, 2.05) is 56.1 Å². The molecule has 2 aromatic carbocycles. The van der Waals surface area contributed by atoms with E-state index in [4.69, 9.17) is 28.8 Å². The summed E-state index contributed by atoms with van der Waals surface area (Å²) in [5.74, 6) is 4.48. The monoisotopic (exact) mass is 776 g/mol. The Morgan fingerprint density at radius 3 is 1.79 bits per heavy atom. The molecule has 288 valence electrons. The van der Waals surface area contributed by atoms with E-state index in [1.165, 1.54) is 49.9 Å². The fourth-order valence-electron chi connectivity index (χ4n) is 8.03. The van der Waals surface area contributed by atoms with Crippen LogP contribution in [0.15, 0.2) is 114 Å². The van der Waals surface area contributed by atoms with Crippen molar-refractivity contribution < 1.29 is 8.83 Å². The summed E-state index contributed by atoms with van der Waals surface area (Å²) in [6, 6.07) is 21.0. The number of rotatable bonds is 9. The second-order valence-electron chi connectivity index (χ2n) is 15.1. The maximum atomic E-state index is 6.02. The van der Waals surface area contributed by atoms with Gasteiger partial charge in [-0.1, -0.05) is 0 Å². The van der Waals surface area contributed by atoms with Crippen LogP contribution in [0.25, 0.3) is 5.70 Å². The quantitative estimate of drug-likeness (QED) is 0.152. The largest absolute Gasteiger partial charge is 0.446 e. The molecule has 0 bridgehead atoms. The average Bonchev–Trinajstić information content (AvgIpc) is 3.98. The van der Waals surface area contributed by atoms with Crippen molar-refractivity contribution in [3.05, 3.63) is 117 Å². The predicted molar refractivity (Wildman–Crippen MR) is 231 cm³/mol. The highest BCUT2D eigenvalue weighted by Gasteiger charge is 2.35. The highest BCUT2D eigenvalue weighted by molar-refractivity contribution is 7.13. The molecule has 0 aliphatic carbocycles. The summed E-state index contributed by atoms with van der Waals surface area (Å²) in [5.41, 5.74) is 8.38. The number of aromatic nitrogens is 1. The third kappa shape index (κ3) is 7.07. The minimum atomic E-state index is 0.485. The highest BCUT2D eigenvalue weighted by atomic mass is 32.1. The summed E-state index contributed by atoms with van der Waals surface area (Å²) < 4.78 is 12.0. The summed E-state index contributed by atoms with van der Waals surface area (Å²) in [6.45, 7) is 10.1. The van der Waals surface area contributed by atoms with Gasteiger partial charge in [-0.15, -0.1) is 11.3 Å². The van der Waals surface area contributed by atoms with Crippen LogP contribution in [0.2, 0.25) is 0 Å². The molecular weight excluding hydrogens is 733 g/mol. The Balaban J connectivity index is 1.11. The number of allylic oxidation sites excluding steroid dienone is 2. The molecule has 5 aliphatic heterocycles. The minimum absolute atomic E-state index is 0.485. The molecular formula is C44H44N10O2S. The van der Waals surface area contributed by atoms with E-state index in [1.54, 1.807) is 11.3 Å². The van der Waals surface area contributed by atoms with E-state index < -0.39 is 0 Å². The predicted octanol–water partition coefficient (Wildman–Crippen LogP) is 9.94. The fourth-order valence-corrected chi connectivity index (χ4v) is 8.73. The molecule has 5 aromatic rings. The second kappa shape index (κ2) is 14.7. The Bertz CT molecular complexity index is 2450. The lowest BCUT2D eigenvalue weighted by Crippen LogP contribution is -2.42. The number of aliphatic imine (C=N–C) groups is 4. The zero-order chi connectivity index (χ0) is 38.5. The van der Waals surface area contributed by atoms with Gasteiger partial charge < -0.3 is 29.3 Å². The molecule has 13 heteroatoms. The number of anilines is 6. The van der Waals surface area contributed by atoms with Crippen molar-refractivity contribution in [2.45, 2.75) is 59.3 Å². The van der Waals surface area contributed by atoms with Gasteiger partial charge in [-0.25, -0.2) is 19.9 Å². The van der Waals surface area contributed by atoms with Crippen LogP contribution >= 0.6 is 11.3 Å². The standard InChI is InChI=1S/C44H44N10O2S/c1-27-10-16-39(55-27)46-35-22-30(52-18-6-4-7-19-52)12-14-33(35)37-24-32-25-38(49-44-51-41(42-45-26-29(3)57-42)50-43(48-37)54(32)44)34-15-13-31(53-20-8-5-9-21-53)23-36(34)47-40-17-11-28(2)56-40/h10-17,22-26,46-47H,4-9,18-21H2,1-3H3. The first-order valence-electron chi connectivity index (χ1n) is 19.9. The molecule has 0 spiro atoms. The van der Waals surface area contributed by atoms with Gasteiger partial charge in [0.15, 0.2) is 22.6 Å². The molecule has 5 aliphatic rings. The Hall–Kier alpha value is -6.21. The first-order chi connectivity index (χ1) is 27.9. The molecule has 2 N–H and O–H groups in total. The first-order valence-corrected chi connectivity index (χ1v) is 20.7. The number of hydrogen-bond acceptors (Lipinski definition) is 13. The van der Waals surface area contributed by atoms with E-state index >= 15 is 0 Å². The van der Waals surface area contributed by atoms with Crippen molar-refractivity contribution in [2.75, 3.05) is 46.6 Å². The maximum absolute atomic E-state index is 6.02. The van der Waals surface area contributed by atoms with E-state index in [-0.39, 0.29) is 0 Å². The van der Waals surface area contributed by atoms with Crippen molar-refractivity contribution in [1.29, 1.82) is 0 Å². The molecule has 3 aromatic heterocycles. The second-order valence-corrected chi connectivity index (χ2v) is 16.3. The van der Waals surface area contributed by atoms with Gasteiger partial charge in [-0.2, -0.15) is 9.98 Å². The summed E-state index contributed by atoms with van der Waals surface area (Å²) in [7, 11) is 0. The molecule has 2 fully saturated rings. The molecule has 0 amide bonds. The zero-order valence-electron chi connectivity index (χ0n) is 32.4. The van der Waals surface area contributed by atoms with Crippen molar-refractivity contribution in [3.8, 4) is 0 Å². The van der Waals surface area contributed by atoms with Gasteiger partial charge in [0.25, 0.3) is 0 Å². The van der Waals surface area contributed by atoms with Crippen LogP contribution in [0, 0.1) is 20.8 Å². The number of benzene rings is 2. The lowest BCUT2D eigenvalue weighted by molar-refractivity contribution is 0.550. The van der Waals surface area contributed by atoms with E-state index in [2.05, 4.69) is 74.0 Å². The fraction of sp³-hybridized carbons (Fsp3) is 0.295. The van der Waals surface area contributed by atoms with Crippen molar-refractivity contribution in [1.82, 2.24) is 9.88 Å². The molecule has 12 nitrogen and oxygen atoms in total. The third-order valence-electron chi connectivity index (χ3n) is 10.9. The summed E-state index contributed by atoms with van der Waals surface area (Å²) >= 11 is 1.55. The lowest BCUT2D eigenvalue weighted by Gasteiger charge is -2.33. The number of piperidine rings is 2. The van der Waals surface area contributed by atoms with Crippen LogP contribution in [-0.2, 0) is 0 Å². The molecule has 2 saturated heterocycles. The van der Waals surface area contributed by atoms with Crippen LogP contribution in [0.1, 0.15) is 71.1 Å². The number of furan rings is 2. The number of nitrogens with one attached hydrogen (secondary N) is 2. The summed E-state index contributed by atoms with van der Waals surface area (Å²) in [4.78, 5) is 33.0. The van der Waals surface area contributed by atoms with Gasteiger partial charge in [0.1, 0.15) is 11.5 Å². The minimum Gasteiger partial charge on any atom is -0.446 e. The molecule has 0 saturated carbocycles. The smallest absolute Gasteiger partial charge is 0.239 e. The Morgan fingerprint density at radius 1 is 0.614 bits per heavy atom. The average molecular weight is 777 g/mol. The van der Waals surface area contributed by atoms with Crippen LogP contribution in [0.4, 0.5) is 34.5 Å². The summed E-state index contributed by atoms with van der Waals surface area (Å²) in [5, 5.41) is 7.89. The Kier molecular flexibility index (Phi) is 9.08. The normalized spacial score (nSPS) is 17.9. The molecule has 0 unspecified atom stereocenters. The number of amidine groups is 1. The zero-order valence-corrected chi connectivity index (χ0v) is 33.2. The Labute approximate surface area is 335 Å². The van der Waals surface area contributed by atoms with Crippen molar-refractivity contribution in [2.24, 2.45) is 20.0 Å². The van der Waals surface area contributed by atoms with E-state index in [0.717, 1.165) is 82.2 Å². The number of aryl methyl sites for hydroxylation is 3.